The van der Waals surface area contributed by atoms with Crippen molar-refractivity contribution in [3.8, 4) is 18.1 Å². The SMILES string of the molecule is C#CCn1c(=NC(=O)c2ccc(Cl)s2)sc2cccc(OCC)c21. The maximum Gasteiger partial charge on any atom is 0.289 e. The van der Waals surface area contributed by atoms with Gasteiger partial charge in [-0.15, -0.1) is 17.8 Å². The van der Waals surface area contributed by atoms with E-state index in [0.29, 0.717) is 27.2 Å². The van der Waals surface area contributed by atoms with Crippen molar-refractivity contribution in [2.75, 3.05) is 6.61 Å². The highest BCUT2D eigenvalue weighted by Crippen LogP contribution is 2.28. The van der Waals surface area contributed by atoms with Gasteiger partial charge in [0.1, 0.15) is 11.3 Å². The average molecular weight is 377 g/mol. The van der Waals surface area contributed by atoms with E-state index in [2.05, 4.69) is 10.9 Å². The molecular weight excluding hydrogens is 364 g/mol. The molecule has 1 amide bonds. The fourth-order valence-corrected chi connectivity index (χ4v) is 4.24. The molecule has 122 valence electrons. The first-order chi connectivity index (χ1) is 11.6. The molecule has 24 heavy (non-hydrogen) atoms. The van der Waals surface area contributed by atoms with Crippen molar-refractivity contribution < 1.29 is 9.53 Å². The molecule has 7 heteroatoms. The highest BCUT2D eigenvalue weighted by molar-refractivity contribution is 7.18. The molecule has 0 aliphatic heterocycles. The number of benzene rings is 1. The largest absolute Gasteiger partial charge is 0.492 e. The van der Waals surface area contributed by atoms with Gasteiger partial charge in [-0.1, -0.05) is 34.9 Å². The number of rotatable bonds is 4. The second-order valence-corrected chi connectivity index (χ2v) is 7.46. The van der Waals surface area contributed by atoms with Crippen LogP contribution in [-0.4, -0.2) is 17.1 Å². The minimum Gasteiger partial charge on any atom is -0.492 e. The normalized spacial score (nSPS) is 11.6. The number of terminal acetylenes is 1. The zero-order chi connectivity index (χ0) is 17.1. The Labute approximate surface area is 152 Å². The zero-order valence-corrected chi connectivity index (χ0v) is 15.2. The lowest BCUT2D eigenvalue weighted by Crippen LogP contribution is -2.16. The molecule has 0 radical (unpaired) electrons. The van der Waals surface area contributed by atoms with Gasteiger partial charge in [0, 0.05) is 0 Å². The zero-order valence-electron chi connectivity index (χ0n) is 12.8. The molecular formula is C17H13ClN2O2S2. The summed E-state index contributed by atoms with van der Waals surface area (Å²) in [5.74, 6) is 3.01. The number of hydrogen-bond donors (Lipinski definition) is 0. The van der Waals surface area contributed by atoms with Crippen LogP contribution in [0.3, 0.4) is 0 Å². The number of amides is 1. The Hall–Kier alpha value is -2.07. The minimum atomic E-state index is -0.331. The number of thiophene rings is 1. The van der Waals surface area contributed by atoms with E-state index >= 15 is 0 Å². The number of carbonyl (C=O) groups excluding carboxylic acids is 1. The number of nitrogens with zero attached hydrogens (tertiary/aromatic N) is 2. The van der Waals surface area contributed by atoms with Gasteiger partial charge < -0.3 is 9.30 Å². The van der Waals surface area contributed by atoms with Crippen LogP contribution in [0.2, 0.25) is 4.34 Å². The molecule has 1 aromatic carbocycles. The summed E-state index contributed by atoms with van der Waals surface area (Å²) >= 11 is 8.50. The fraction of sp³-hybridized carbons (Fsp3) is 0.176. The molecule has 0 saturated carbocycles. The van der Waals surface area contributed by atoms with Gasteiger partial charge >= 0.3 is 0 Å². The first-order valence-electron chi connectivity index (χ1n) is 7.17. The molecule has 3 rings (SSSR count). The van der Waals surface area contributed by atoms with Crippen LogP contribution in [0, 0.1) is 12.3 Å². The summed E-state index contributed by atoms with van der Waals surface area (Å²) in [6, 6.07) is 9.11. The van der Waals surface area contributed by atoms with E-state index < -0.39 is 0 Å². The van der Waals surface area contributed by atoms with Crippen molar-refractivity contribution in [1.29, 1.82) is 0 Å². The Balaban J connectivity index is 2.19. The second-order valence-electron chi connectivity index (χ2n) is 4.73. The van der Waals surface area contributed by atoms with E-state index in [-0.39, 0.29) is 5.91 Å². The highest BCUT2D eigenvalue weighted by atomic mass is 35.5. The third kappa shape index (κ3) is 3.24. The van der Waals surface area contributed by atoms with Crippen LogP contribution in [0.1, 0.15) is 16.6 Å². The van der Waals surface area contributed by atoms with Crippen LogP contribution < -0.4 is 9.54 Å². The van der Waals surface area contributed by atoms with Crippen molar-refractivity contribution in [2.45, 2.75) is 13.5 Å². The molecule has 3 aromatic rings. The standard InChI is InChI=1S/C17H13ClN2O2S2/c1-3-10-20-15-11(22-4-2)6-5-7-12(15)24-17(20)19-16(21)13-8-9-14(18)23-13/h1,5-9H,4,10H2,2H3. The van der Waals surface area contributed by atoms with E-state index in [1.54, 1.807) is 12.1 Å². The molecule has 0 unspecified atom stereocenters. The number of halogens is 1. The maximum absolute atomic E-state index is 12.4. The fourth-order valence-electron chi connectivity index (χ4n) is 2.26. The lowest BCUT2D eigenvalue weighted by atomic mass is 10.3. The number of fused-ring (bicyclic) bond motifs is 1. The number of thiazole rings is 1. The molecule has 0 saturated heterocycles. The quantitative estimate of drug-likeness (QED) is 0.641. The third-order valence-corrected chi connectivity index (χ3v) is 5.46. The monoisotopic (exact) mass is 376 g/mol. The van der Waals surface area contributed by atoms with E-state index in [4.69, 9.17) is 22.8 Å². The summed E-state index contributed by atoms with van der Waals surface area (Å²) in [7, 11) is 0. The minimum absolute atomic E-state index is 0.307. The van der Waals surface area contributed by atoms with Gasteiger partial charge in [0.15, 0.2) is 4.80 Å². The number of aromatic nitrogens is 1. The molecule has 0 spiro atoms. The van der Waals surface area contributed by atoms with Crippen molar-refractivity contribution in [1.82, 2.24) is 4.57 Å². The molecule has 0 fully saturated rings. The summed E-state index contributed by atoms with van der Waals surface area (Å²) in [5.41, 5.74) is 0.859. The van der Waals surface area contributed by atoms with Crippen LogP contribution in [0.5, 0.6) is 5.75 Å². The topological polar surface area (TPSA) is 43.6 Å². The first kappa shape index (κ1) is 16.8. The van der Waals surface area contributed by atoms with Crippen molar-refractivity contribution in [3.63, 3.8) is 0 Å². The third-order valence-electron chi connectivity index (χ3n) is 3.19. The molecule has 2 aromatic heterocycles. The molecule has 0 aliphatic rings. The predicted molar refractivity (Wildman–Crippen MR) is 99.0 cm³/mol. The lowest BCUT2D eigenvalue weighted by Gasteiger charge is -2.07. The Morgan fingerprint density at radius 1 is 1.38 bits per heavy atom. The van der Waals surface area contributed by atoms with Crippen LogP contribution >= 0.6 is 34.3 Å². The summed E-state index contributed by atoms with van der Waals surface area (Å²) in [6.07, 6.45) is 5.50. The van der Waals surface area contributed by atoms with E-state index in [0.717, 1.165) is 16.0 Å². The molecule has 2 heterocycles. The van der Waals surface area contributed by atoms with E-state index in [1.165, 1.54) is 22.7 Å². The Morgan fingerprint density at radius 2 is 2.21 bits per heavy atom. The first-order valence-corrected chi connectivity index (χ1v) is 9.18. The van der Waals surface area contributed by atoms with E-state index in [1.807, 2.05) is 29.7 Å². The summed E-state index contributed by atoms with van der Waals surface area (Å²) in [6.45, 7) is 2.78. The van der Waals surface area contributed by atoms with Crippen molar-refractivity contribution in [2.24, 2.45) is 4.99 Å². The summed E-state index contributed by atoms with van der Waals surface area (Å²) < 4.78 is 9.04. The van der Waals surface area contributed by atoms with Gasteiger partial charge in [-0.25, -0.2) is 0 Å². The number of para-hydroxylation sites is 1. The molecule has 0 aliphatic carbocycles. The van der Waals surface area contributed by atoms with Crippen molar-refractivity contribution in [3.05, 3.63) is 44.3 Å². The van der Waals surface area contributed by atoms with Gasteiger partial charge in [-0.3, -0.25) is 4.79 Å². The molecule has 4 nitrogen and oxygen atoms in total. The van der Waals surface area contributed by atoms with Gasteiger partial charge in [0.05, 0.1) is 27.1 Å². The number of hydrogen-bond acceptors (Lipinski definition) is 4. The number of carbonyl (C=O) groups is 1. The highest BCUT2D eigenvalue weighted by Gasteiger charge is 2.13. The molecule has 0 bridgehead atoms. The maximum atomic E-state index is 12.4. The Kier molecular flexibility index (Phi) is 5.05. The number of ether oxygens (including phenoxy) is 1. The van der Waals surface area contributed by atoms with E-state index in [9.17, 15) is 4.79 Å². The summed E-state index contributed by atoms with van der Waals surface area (Å²) in [4.78, 5) is 17.7. The Morgan fingerprint density at radius 3 is 2.88 bits per heavy atom. The van der Waals surface area contributed by atoms with Crippen LogP contribution in [0.4, 0.5) is 0 Å². The van der Waals surface area contributed by atoms with Crippen LogP contribution in [-0.2, 0) is 6.54 Å². The molecule has 0 N–H and O–H groups in total. The van der Waals surface area contributed by atoms with Gasteiger partial charge in [-0.05, 0) is 31.2 Å². The van der Waals surface area contributed by atoms with Crippen LogP contribution in [0.15, 0.2) is 35.3 Å². The predicted octanol–water partition coefficient (Wildman–Crippen LogP) is 4.19. The van der Waals surface area contributed by atoms with Crippen LogP contribution in [0.25, 0.3) is 10.2 Å². The average Bonchev–Trinajstić information content (AvgIpc) is 3.13. The van der Waals surface area contributed by atoms with Crippen molar-refractivity contribution >= 4 is 50.4 Å². The Bertz CT molecular complexity index is 1010. The van der Waals surface area contributed by atoms with Gasteiger partial charge in [0.2, 0.25) is 0 Å². The smallest absolute Gasteiger partial charge is 0.289 e. The van der Waals surface area contributed by atoms with Gasteiger partial charge in [0.25, 0.3) is 5.91 Å². The second kappa shape index (κ2) is 7.22. The molecule has 0 atom stereocenters. The summed E-state index contributed by atoms with van der Waals surface area (Å²) in [5, 5.41) is 0. The van der Waals surface area contributed by atoms with Gasteiger partial charge in [-0.2, -0.15) is 4.99 Å². The lowest BCUT2D eigenvalue weighted by molar-refractivity contribution is 0.100.